The minimum atomic E-state index is -1.26. The summed E-state index contributed by atoms with van der Waals surface area (Å²) in [5.41, 5.74) is 0.385. The molecule has 80 valence electrons. The zero-order valence-electron chi connectivity index (χ0n) is 8.36. The Morgan fingerprint density at radius 2 is 1.73 bits per heavy atom. The van der Waals surface area contributed by atoms with Crippen LogP contribution in [0.3, 0.4) is 0 Å². The molecule has 0 fully saturated rings. The van der Waals surface area contributed by atoms with Crippen LogP contribution in [0.25, 0.3) is 0 Å². The van der Waals surface area contributed by atoms with Crippen LogP contribution in [-0.2, 0) is 4.74 Å². The topological polar surface area (TPSA) is 66.4 Å². The zero-order chi connectivity index (χ0) is 11.3. The first-order chi connectivity index (χ1) is 7.15. The highest BCUT2D eigenvalue weighted by atomic mass is 16.5. The number of ether oxygens (including phenoxy) is 1. The fourth-order valence-electron chi connectivity index (χ4n) is 1.02. The Hall–Kier alpha value is -1.84. The summed E-state index contributed by atoms with van der Waals surface area (Å²) >= 11 is 0. The van der Waals surface area contributed by atoms with Crippen molar-refractivity contribution in [2.24, 2.45) is 0 Å². The van der Waals surface area contributed by atoms with Gasteiger partial charge in [-0.3, -0.25) is 0 Å². The number of benzene rings is 1. The van der Waals surface area contributed by atoms with Crippen LogP contribution < -0.4 is 5.11 Å². The molecule has 1 aromatic carbocycles. The van der Waals surface area contributed by atoms with Crippen molar-refractivity contribution in [1.29, 1.82) is 0 Å². The van der Waals surface area contributed by atoms with Gasteiger partial charge in [-0.05, 0) is 24.1 Å². The van der Waals surface area contributed by atoms with Crippen LogP contribution in [0, 0.1) is 0 Å². The highest BCUT2D eigenvalue weighted by Crippen LogP contribution is 2.05. The highest BCUT2D eigenvalue weighted by molar-refractivity contribution is 5.91. The molecule has 0 N–H and O–H groups in total. The summed E-state index contributed by atoms with van der Waals surface area (Å²) in [6, 6.07) is 5.45. The molecule has 0 amide bonds. The number of carboxylic acids is 1. The van der Waals surface area contributed by atoms with Crippen LogP contribution in [0.2, 0.25) is 0 Å². The Morgan fingerprint density at radius 1 is 1.20 bits per heavy atom. The lowest BCUT2D eigenvalue weighted by Gasteiger charge is -2.05. The van der Waals surface area contributed by atoms with Crippen LogP contribution in [0.4, 0.5) is 0 Å². The predicted molar refractivity (Wildman–Crippen MR) is 51.3 cm³/mol. The van der Waals surface area contributed by atoms with Crippen molar-refractivity contribution >= 4 is 11.9 Å². The Bertz CT molecular complexity index is 353. The van der Waals surface area contributed by atoms with E-state index in [1.165, 1.54) is 24.3 Å². The lowest BCUT2D eigenvalue weighted by molar-refractivity contribution is -0.255. The molecule has 0 atom stereocenters. The number of carbonyl (C=O) groups excluding carboxylic acids is 2. The van der Waals surface area contributed by atoms with Gasteiger partial charge in [0.2, 0.25) is 0 Å². The molecule has 0 heterocycles. The molecule has 0 spiro atoms. The van der Waals surface area contributed by atoms with Crippen molar-refractivity contribution in [3.8, 4) is 0 Å². The Labute approximate surface area is 87.5 Å². The van der Waals surface area contributed by atoms with Gasteiger partial charge in [0.15, 0.2) is 0 Å². The monoisotopic (exact) mass is 207 g/mol. The number of aromatic carboxylic acids is 1. The fourth-order valence-corrected chi connectivity index (χ4v) is 1.02. The van der Waals surface area contributed by atoms with Gasteiger partial charge in [0.1, 0.15) is 0 Å². The largest absolute Gasteiger partial charge is 0.545 e. The number of hydrogen-bond donors (Lipinski definition) is 0. The molecule has 1 aromatic rings. The summed E-state index contributed by atoms with van der Waals surface area (Å²) < 4.78 is 4.88. The standard InChI is InChI=1S/C11H12O4/c1-2-7-15-11(14)9-5-3-8(4-6-9)10(12)13/h3-6H,2,7H2,1H3,(H,12,13)/p-1. The molecule has 0 aliphatic rings. The van der Waals surface area contributed by atoms with E-state index in [2.05, 4.69) is 0 Å². The molecule has 4 heteroatoms. The van der Waals surface area contributed by atoms with Crippen LogP contribution in [0.1, 0.15) is 34.1 Å². The van der Waals surface area contributed by atoms with E-state index >= 15 is 0 Å². The third-order valence-electron chi connectivity index (χ3n) is 1.79. The molecule has 0 aromatic heterocycles. The average molecular weight is 207 g/mol. The van der Waals surface area contributed by atoms with Crippen molar-refractivity contribution in [3.63, 3.8) is 0 Å². The minimum absolute atomic E-state index is 0.0436. The molecule has 0 aliphatic heterocycles. The third kappa shape index (κ3) is 3.09. The quantitative estimate of drug-likeness (QED) is 0.679. The van der Waals surface area contributed by atoms with Gasteiger partial charge in [0.05, 0.1) is 18.1 Å². The number of carbonyl (C=O) groups is 2. The van der Waals surface area contributed by atoms with Crippen LogP contribution in [-0.4, -0.2) is 18.5 Å². The molecule has 0 saturated heterocycles. The first kappa shape index (κ1) is 11.2. The lowest BCUT2D eigenvalue weighted by Crippen LogP contribution is -2.22. The molecule has 0 unspecified atom stereocenters. The zero-order valence-corrected chi connectivity index (χ0v) is 8.36. The number of esters is 1. The molecule has 4 nitrogen and oxygen atoms in total. The summed E-state index contributed by atoms with van der Waals surface area (Å²) in [6.07, 6.45) is 0.753. The maximum absolute atomic E-state index is 11.3. The van der Waals surface area contributed by atoms with Crippen molar-refractivity contribution in [2.75, 3.05) is 6.61 Å². The Morgan fingerprint density at radius 3 is 2.20 bits per heavy atom. The smallest absolute Gasteiger partial charge is 0.338 e. The normalized spacial score (nSPS) is 9.67. The van der Waals surface area contributed by atoms with Gasteiger partial charge in [0, 0.05) is 0 Å². The van der Waals surface area contributed by atoms with E-state index < -0.39 is 11.9 Å². The van der Waals surface area contributed by atoms with Gasteiger partial charge in [-0.15, -0.1) is 0 Å². The maximum atomic E-state index is 11.3. The van der Waals surface area contributed by atoms with Crippen molar-refractivity contribution < 1.29 is 19.4 Å². The molecule has 0 bridgehead atoms. The minimum Gasteiger partial charge on any atom is -0.545 e. The van der Waals surface area contributed by atoms with Gasteiger partial charge in [0.25, 0.3) is 0 Å². The average Bonchev–Trinajstić information content (AvgIpc) is 2.26. The first-order valence-electron chi connectivity index (χ1n) is 4.63. The van der Waals surface area contributed by atoms with E-state index in [0.717, 1.165) is 6.42 Å². The van der Waals surface area contributed by atoms with Crippen molar-refractivity contribution in [3.05, 3.63) is 35.4 Å². The Kier molecular flexibility index (Phi) is 3.85. The van der Waals surface area contributed by atoms with E-state index in [1.807, 2.05) is 6.92 Å². The molecule has 1 rings (SSSR count). The number of rotatable bonds is 4. The van der Waals surface area contributed by atoms with Gasteiger partial charge < -0.3 is 14.6 Å². The van der Waals surface area contributed by atoms with E-state index in [0.29, 0.717) is 12.2 Å². The summed E-state index contributed by atoms with van der Waals surface area (Å²) in [6.45, 7) is 2.26. The molecular weight excluding hydrogens is 196 g/mol. The fraction of sp³-hybridized carbons (Fsp3) is 0.273. The van der Waals surface area contributed by atoms with Crippen LogP contribution in [0.15, 0.2) is 24.3 Å². The summed E-state index contributed by atoms with van der Waals surface area (Å²) in [5.74, 6) is -1.70. The van der Waals surface area contributed by atoms with Gasteiger partial charge in [-0.25, -0.2) is 4.79 Å². The SMILES string of the molecule is CCCOC(=O)c1ccc(C(=O)[O-])cc1. The highest BCUT2D eigenvalue weighted by Gasteiger charge is 2.05. The molecular formula is C11H11O4-. The maximum Gasteiger partial charge on any atom is 0.338 e. The van der Waals surface area contributed by atoms with E-state index in [9.17, 15) is 14.7 Å². The second-order valence-electron chi connectivity index (χ2n) is 3.00. The lowest BCUT2D eigenvalue weighted by atomic mass is 10.1. The predicted octanol–water partition coefficient (Wildman–Crippen LogP) is 0.617. The second-order valence-corrected chi connectivity index (χ2v) is 3.00. The van der Waals surface area contributed by atoms with E-state index in [1.54, 1.807) is 0 Å². The van der Waals surface area contributed by atoms with E-state index in [4.69, 9.17) is 4.74 Å². The molecule has 0 aliphatic carbocycles. The van der Waals surface area contributed by atoms with Crippen LogP contribution >= 0.6 is 0 Å². The van der Waals surface area contributed by atoms with Crippen LogP contribution in [0.5, 0.6) is 0 Å². The molecule has 15 heavy (non-hydrogen) atoms. The second kappa shape index (κ2) is 5.14. The first-order valence-corrected chi connectivity index (χ1v) is 4.63. The summed E-state index contributed by atoms with van der Waals surface area (Å²) in [4.78, 5) is 21.7. The summed E-state index contributed by atoms with van der Waals surface area (Å²) in [7, 11) is 0. The molecule has 0 radical (unpaired) electrons. The van der Waals surface area contributed by atoms with Crippen molar-refractivity contribution in [1.82, 2.24) is 0 Å². The number of carboxylic acid groups (broad SMARTS) is 1. The van der Waals surface area contributed by atoms with Gasteiger partial charge in [-0.2, -0.15) is 0 Å². The van der Waals surface area contributed by atoms with Gasteiger partial charge >= 0.3 is 5.97 Å². The Balaban J connectivity index is 2.71. The number of hydrogen-bond acceptors (Lipinski definition) is 4. The van der Waals surface area contributed by atoms with Gasteiger partial charge in [-0.1, -0.05) is 19.1 Å². The summed E-state index contributed by atoms with van der Waals surface area (Å²) in [5, 5.41) is 10.4. The van der Waals surface area contributed by atoms with Crippen molar-refractivity contribution in [2.45, 2.75) is 13.3 Å². The molecule has 0 saturated carbocycles. The third-order valence-corrected chi connectivity index (χ3v) is 1.79. The van der Waals surface area contributed by atoms with E-state index in [-0.39, 0.29) is 5.56 Å².